The normalized spacial score (nSPS) is 29.4. The summed E-state index contributed by atoms with van der Waals surface area (Å²) in [6.45, 7) is 2.06. The molecule has 7 nitrogen and oxygen atoms in total. The molecule has 0 bridgehead atoms. The van der Waals surface area contributed by atoms with Crippen LogP contribution in [0.15, 0.2) is 24.5 Å². The van der Waals surface area contributed by atoms with Gasteiger partial charge >= 0.3 is 0 Å². The second-order valence-corrected chi connectivity index (χ2v) is 9.29. The van der Waals surface area contributed by atoms with E-state index in [4.69, 9.17) is 5.73 Å². The van der Waals surface area contributed by atoms with Crippen molar-refractivity contribution in [3.63, 3.8) is 0 Å². The Balaban J connectivity index is 1.38. The summed E-state index contributed by atoms with van der Waals surface area (Å²) in [5.41, 5.74) is 6.34. The first-order valence-electron chi connectivity index (χ1n) is 11.6. The van der Waals surface area contributed by atoms with Crippen LogP contribution in [0.3, 0.4) is 0 Å². The fourth-order valence-corrected chi connectivity index (χ4v) is 4.88. The zero-order valence-corrected chi connectivity index (χ0v) is 17.8. The second-order valence-electron chi connectivity index (χ2n) is 9.29. The standard InChI is InChI=1S/C23H35N5O2/c24-13-16-3-5-17(6-4-16)14-26-22(29)21-12-20(27-19-7-8-19)9-11-28(21)23(30)18-2-1-10-25-15-18/h1-2,10,15-17,19-21,27H,3-9,11-14,24H2,(H,26,29)/t16?,17?,20?,21-/m1/s1. The minimum atomic E-state index is -0.428. The van der Waals surface area contributed by atoms with Crippen molar-refractivity contribution in [2.24, 2.45) is 17.6 Å². The van der Waals surface area contributed by atoms with Gasteiger partial charge in [0.2, 0.25) is 5.91 Å². The average molecular weight is 414 g/mol. The third-order valence-corrected chi connectivity index (χ3v) is 6.99. The number of nitrogens with zero attached hydrogens (tertiary/aromatic N) is 2. The molecule has 1 aromatic rings. The lowest BCUT2D eigenvalue weighted by Crippen LogP contribution is -2.57. The minimum Gasteiger partial charge on any atom is -0.354 e. The van der Waals surface area contributed by atoms with Crippen LogP contribution in [0, 0.1) is 11.8 Å². The lowest BCUT2D eigenvalue weighted by Gasteiger charge is -2.39. The number of pyridine rings is 1. The van der Waals surface area contributed by atoms with Gasteiger partial charge in [0.25, 0.3) is 5.91 Å². The Bertz CT molecular complexity index is 716. The summed E-state index contributed by atoms with van der Waals surface area (Å²) in [7, 11) is 0. The van der Waals surface area contributed by atoms with E-state index >= 15 is 0 Å². The average Bonchev–Trinajstić information content (AvgIpc) is 3.62. The Morgan fingerprint density at radius 2 is 1.83 bits per heavy atom. The molecule has 3 aliphatic rings. The van der Waals surface area contributed by atoms with E-state index in [0.29, 0.717) is 49.0 Å². The van der Waals surface area contributed by atoms with Gasteiger partial charge in [-0.15, -0.1) is 0 Å². The highest BCUT2D eigenvalue weighted by Gasteiger charge is 2.38. The van der Waals surface area contributed by atoms with Crippen LogP contribution >= 0.6 is 0 Å². The van der Waals surface area contributed by atoms with Gasteiger partial charge in [0.05, 0.1) is 5.56 Å². The molecule has 30 heavy (non-hydrogen) atoms. The van der Waals surface area contributed by atoms with Gasteiger partial charge in [-0.2, -0.15) is 0 Å². The number of aromatic nitrogens is 1. The summed E-state index contributed by atoms with van der Waals surface area (Å²) < 4.78 is 0. The SMILES string of the molecule is NCC1CCC(CNC(=O)[C@H]2CC(NC3CC3)CCN2C(=O)c2cccnc2)CC1. The lowest BCUT2D eigenvalue weighted by atomic mass is 9.82. The van der Waals surface area contributed by atoms with Crippen molar-refractivity contribution in [2.45, 2.75) is 69.5 Å². The molecule has 1 saturated heterocycles. The third-order valence-electron chi connectivity index (χ3n) is 6.99. The van der Waals surface area contributed by atoms with Gasteiger partial charge in [-0.25, -0.2) is 0 Å². The number of piperidine rings is 1. The Hall–Kier alpha value is -1.99. The van der Waals surface area contributed by atoms with Crippen LogP contribution < -0.4 is 16.4 Å². The van der Waals surface area contributed by atoms with E-state index in [1.807, 2.05) is 0 Å². The number of nitrogens with one attached hydrogen (secondary N) is 2. The number of rotatable bonds is 7. The van der Waals surface area contributed by atoms with Crippen LogP contribution in [-0.2, 0) is 4.79 Å². The summed E-state index contributed by atoms with van der Waals surface area (Å²) in [6, 6.07) is 4.00. The molecule has 1 aromatic heterocycles. The minimum absolute atomic E-state index is 0.0181. The van der Waals surface area contributed by atoms with E-state index in [0.717, 1.165) is 38.6 Å². The zero-order chi connectivity index (χ0) is 20.9. The molecule has 0 aromatic carbocycles. The third kappa shape index (κ3) is 5.38. The fraction of sp³-hybridized carbons (Fsp3) is 0.696. The highest BCUT2D eigenvalue weighted by molar-refractivity contribution is 5.97. The first kappa shape index (κ1) is 21.2. The molecule has 4 rings (SSSR count). The molecule has 3 fully saturated rings. The highest BCUT2D eigenvalue weighted by Crippen LogP contribution is 2.28. The summed E-state index contributed by atoms with van der Waals surface area (Å²) in [5, 5.41) is 6.82. The van der Waals surface area contributed by atoms with Crippen molar-refractivity contribution in [3.8, 4) is 0 Å². The topological polar surface area (TPSA) is 100 Å². The summed E-state index contributed by atoms with van der Waals surface area (Å²) in [6.07, 6.45) is 11.8. The first-order chi connectivity index (χ1) is 14.6. The molecule has 0 radical (unpaired) electrons. The molecule has 4 N–H and O–H groups in total. The molecule has 2 heterocycles. The summed E-state index contributed by atoms with van der Waals surface area (Å²) in [5.74, 6) is 1.03. The molecule has 7 heteroatoms. The van der Waals surface area contributed by atoms with Crippen molar-refractivity contribution in [3.05, 3.63) is 30.1 Å². The monoisotopic (exact) mass is 413 g/mol. The molecule has 2 saturated carbocycles. The van der Waals surface area contributed by atoms with Crippen LogP contribution in [-0.4, -0.2) is 59.5 Å². The Kier molecular flexibility index (Phi) is 7.00. The molecule has 164 valence electrons. The maximum atomic E-state index is 13.2. The van der Waals surface area contributed by atoms with Gasteiger partial charge in [0, 0.05) is 37.6 Å². The molecular weight excluding hydrogens is 378 g/mol. The van der Waals surface area contributed by atoms with Crippen molar-refractivity contribution in [1.82, 2.24) is 20.5 Å². The van der Waals surface area contributed by atoms with Crippen LogP contribution in [0.2, 0.25) is 0 Å². The van der Waals surface area contributed by atoms with Gasteiger partial charge in [0.15, 0.2) is 0 Å². The zero-order valence-electron chi connectivity index (χ0n) is 17.8. The van der Waals surface area contributed by atoms with Crippen molar-refractivity contribution in [1.29, 1.82) is 0 Å². The smallest absolute Gasteiger partial charge is 0.256 e. The van der Waals surface area contributed by atoms with E-state index in [-0.39, 0.29) is 11.8 Å². The first-order valence-corrected chi connectivity index (χ1v) is 11.6. The number of nitrogens with two attached hydrogens (primary N) is 1. The van der Waals surface area contributed by atoms with Gasteiger partial charge in [-0.05, 0) is 81.9 Å². The largest absolute Gasteiger partial charge is 0.354 e. The maximum Gasteiger partial charge on any atom is 0.256 e. The molecular formula is C23H35N5O2. The predicted molar refractivity (Wildman–Crippen MR) is 116 cm³/mol. The molecule has 1 aliphatic heterocycles. The number of hydrogen-bond acceptors (Lipinski definition) is 5. The molecule has 2 aliphatic carbocycles. The number of carbonyl (C=O) groups excluding carboxylic acids is 2. The number of carbonyl (C=O) groups is 2. The fourth-order valence-electron chi connectivity index (χ4n) is 4.88. The van der Waals surface area contributed by atoms with Crippen molar-refractivity contribution < 1.29 is 9.59 Å². The summed E-state index contributed by atoms with van der Waals surface area (Å²) in [4.78, 5) is 32.1. The highest BCUT2D eigenvalue weighted by atomic mass is 16.2. The number of hydrogen-bond donors (Lipinski definition) is 3. The van der Waals surface area contributed by atoms with E-state index < -0.39 is 6.04 Å². The van der Waals surface area contributed by atoms with Crippen LogP contribution in [0.5, 0.6) is 0 Å². The Morgan fingerprint density at radius 1 is 1.07 bits per heavy atom. The molecule has 1 unspecified atom stereocenters. The maximum absolute atomic E-state index is 13.2. The number of amides is 2. The second kappa shape index (κ2) is 9.88. The summed E-state index contributed by atoms with van der Waals surface area (Å²) >= 11 is 0. The van der Waals surface area contributed by atoms with E-state index in [2.05, 4.69) is 15.6 Å². The van der Waals surface area contributed by atoms with E-state index in [9.17, 15) is 9.59 Å². The van der Waals surface area contributed by atoms with E-state index in [1.54, 1.807) is 29.4 Å². The lowest BCUT2D eigenvalue weighted by molar-refractivity contribution is -0.127. The molecule has 2 amide bonds. The molecule has 2 atom stereocenters. The van der Waals surface area contributed by atoms with E-state index in [1.165, 1.54) is 12.8 Å². The van der Waals surface area contributed by atoms with Crippen molar-refractivity contribution >= 4 is 11.8 Å². The van der Waals surface area contributed by atoms with Crippen molar-refractivity contribution in [2.75, 3.05) is 19.6 Å². The predicted octanol–water partition coefficient (Wildman–Crippen LogP) is 1.69. The van der Waals surface area contributed by atoms with Crippen LogP contribution in [0.4, 0.5) is 0 Å². The van der Waals surface area contributed by atoms with Crippen LogP contribution in [0.25, 0.3) is 0 Å². The Labute approximate surface area is 179 Å². The Morgan fingerprint density at radius 3 is 2.50 bits per heavy atom. The van der Waals surface area contributed by atoms with Crippen LogP contribution in [0.1, 0.15) is 61.7 Å². The van der Waals surface area contributed by atoms with Gasteiger partial charge in [-0.3, -0.25) is 14.6 Å². The quantitative estimate of drug-likeness (QED) is 0.632. The van der Waals surface area contributed by atoms with Gasteiger partial charge in [0.1, 0.15) is 6.04 Å². The number of likely N-dealkylation sites (tertiary alicyclic amines) is 1. The van der Waals surface area contributed by atoms with Gasteiger partial charge < -0.3 is 21.3 Å². The van der Waals surface area contributed by atoms with Gasteiger partial charge in [-0.1, -0.05) is 0 Å². The molecule has 0 spiro atoms.